The zero-order chi connectivity index (χ0) is 24.2. The Labute approximate surface area is 187 Å². The van der Waals surface area contributed by atoms with E-state index in [1.54, 1.807) is 6.92 Å². The molecular formula is C21H25F5N6O. The Bertz CT molecular complexity index is 1070. The van der Waals surface area contributed by atoms with Gasteiger partial charge in [0.25, 0.3) is 6.43 Å². The number of allylic oxidation sites excluding steroid dienone is 2. The maximum Gasteiger partial charge on any atom is 0.436 e. The topological polar surface area (TPSA) is 68.4 Å². The van der Waals surface area contributed by atoms with Crippen LogP contribution in [-0.2, 0) is 11.3 Å². The van der Waals surface area contributed by atoms with Crippen LogP contribution in [0.25, 0.3) is 11.2 Å². The lowest BCUT2D eigenvalue weighted by molar-refractivity contribution is -0.0606. The van der Waals surface area contributed by atoms with E-state index in [9.17, 15) is 22.0 Å². The van der Waals surface area contributed by atoms with Gasteiger partial charge < -0.3 is 9.64 Å². The second-order valence-corrected chi connectivity index (χ2v) is 7.55. The lowest BCUT2D eigenvalue weighted by Crippen LogP contribution is -2.34. The van der Waals surface area contributed by atoms with Crippen molar-refractivity contribution in [3.63, 3.8) is 0 Å². The maximum atomic E-state index is 13.3. The van der Waals surface area contributed by atoms with Gasteiger partial charge in [-0.1, -0.05) is 12.5 Å². The zero-order valence-corrected chi connectivity index (χ0v) is 18.5. The summed E-state index contributed by atoms with van der Waals surface area (Å²) >= 11 is 0. The summed E-state index contributed by atoms with van der Waals surface area (Å²) in [7, 11) is 1.08. The van der Waals surface area contributed by atoms with Crippen LogP contribution >= 0.6 is 0 Å². The van der Waals surface area contributed by atoms with E-state index < -0.39 is 24.9 Å². The van der Waals surface area contributed by atoms with E-state index in [0.29, 0.717) is 37.3 Å². The molecule has 0 aliphatic carbocycles. The fraction of sp³-hybridized carbons (Fsp3) is 0.524. The van der Waals surface area contributed by atoms with Gasteiger partial charge in [-0.2, -0.15) is 18.3 Å². The average molecular weight is 472 g/mol. The number of rotatable bonds is 8. The molecule has 33 heavy (non-hydrogen) atoms. The first-order valence-electron chi connectivity index (χ1n) is 10.4. The van der Waals surface area contributed by atoms with Gasteiger partial charge in [0.1, 0.15) is 30.2 Å². The van der Waals surface area contributed by atoms with Crippen LogP contribution in [0.4, 0.5) is 27.8 Å². The largest absolute Gasteiger partial charge is 0.487 e. The predicted molar refractivity (Wildman–Crippen MR) is 115 cm³/mol. The summed E-state index contributed by atoms with van der Waals surface area (Å²) in [6, 6.07) is 0. The zero-order valence-electron chi connectivity index (χ0n) is 18.5. The van der Waals surface area contributed by atoms with Gasteiger partial charge in [0.15, 0.2) is 11.4 Å². The molecule has 0 fully saturated rings. The number of hydrogen-bond acceptors (Lipinski definition) is 6. The van der Waals surface area contributed by atoms with E-state index >= 15 is 0 Å². The van der Waals surface area contributed by atoms with Gasteiger partial charge in [-0.15, -0.1) is 0 Å². The van der Waals surface area contributed by atoms with Crippen molar-refractivity contribution >= 4 is 22.7 Å². The first-order valence-corrected chi connectivity index (χ1v) is 10.4. The number of anilines is 1. The van der Waals surface area contributed by atoms with Crippen molar-refractivity contribution in [2.75, 3.05) is 31.6 Å². The van der Waals surface area contributed by atoms with Gasteiger partial charge in [0.2, 0.25) is 0 Å². The van der Waals surface area contributed by atoms with E-state index in [-0.39, 0.29) is 18.0 Å². The molecule has 0 bridgehead atoms. The molecule has 2 aromatic heterocycles. The molecular weight excluding hydrogens is 447 g/mol. The van der Waals surface area contributed by atoms with Crippen LogP contribution in [0.2, 0.25) is 0 Å². The smallest absolute Gasteiger partial charge is 0.436 e. The monoisotopic (exact) mass is 472 g/mol. The van der Waals surface area contributed by atoms with Gasteiger partial charge in [0.05, 0.1) is 12.4 Å². The van der Waals surface area contributed by atoms with E-state index in [0.717, 1.165) is 22.9 Å². The third-order valence-electron chi connectivity index (χ3n) is 5.23. The van der Waals surface area contributed by atoms with Crippen molar-refractivity contribution < 1.29 is 26.7 Å². The average Bonchev–Trinajstić information content (AvgIpc) is 3.14. The highest BCUT2D eigenvalue weighted by Gasteiger charge is 2.38. The Hall–Kier alpha value is -3.05. The molecule has 0 atom stereocenters. The van der Waals surface area contributed by atoms with Crippen LogP contribution in [0.1, 0.15) is 26.7 Å². The van der Waals surface area contributed by atoms with Gasteiger partial charge >= 0.3 is 6.18 Å². The second kappa shape index (κ2) is 10.3. The molecule has 180 valence electrons. The van der Waals surface area contributed by atoms with Crippen molar-refractivity contribution in [1.29, 1.82) is 0 Å². The Kier molecular flexibility index (Phi) is 7.65. The molecule has 0 radical (unpaired) electrons. The number of aromatic nitrogens is 4. The molecule has 12 heteroatoms. The first kappa shape index (κ1) is 24.6. The highest BCUT2D eigenvalue weighted by atomic mass is 19.4. The Morgan fingerprint density at radius 2 is 2.06 bits per heavy atom. The Morgan fingerprint density at radius 3 is 2.70 bits per heavy atom. The van der Waals surface area contributed by atoms with Gasteiger partial charge in [-0.3, -0.25) is 4.99 Å². The summed E-state index contributed by atoms with van der Waals surface area (Å²) in [6.45, 7) is 3.95. The molecule has 3 rings (SSSR count). The van der Waals surface area contributed by atoms with Gasteiger partial charge in [-0.25, -0.2) is 23.4 Å². The molecule has 0 saturated heterocycles. The fourth-order valence-electron chi connectivity index (χ4n) is 3.50. The van der Waals surface area contributed by atoms with Crippen LogP contribution in [-0.4, -0.2) is 64.8 Å². The molecule has 0 saturated carbocycles. The molecule has 0 unspecified atom stereocenters. The molecule has 0 spiro atoms. The van der Waals surface area contributed by atoms with E-state index in [4.69, 9.17) is 4.74 Å². The van der Waals surface area contributed by atoms with Crippen molar-refractivity contribution in [2.24, 2.45) is 4.99 Å². The lowest BCUT2D eigenvalue weighted by Gasteiger charge is -2.31. The van der Waals surface area contributed by atoms with Crippen molar-refractivity contribution in [3.8, 4) is 0 Å². The predicted octanol–water partition coefficient (Wildman–Crippen LogP) is 4.56. The van der Waals surface area contributed by atoms with Crippen LogP contribution < -0.4 is 4.90 Å². The van der Waals surface area contributed by atoms with E-state index in [2.05, 4.69) is 20.1 Å². The number of nitrogens with zero attached hydrogens (tertiary/aromatic N) is 6. The molecule has 0 N–H and O–H groups in total. The molecule has 0 aromatic carbocycles. The number of hydrogen-bond donors (Lipinski definition) is 0. The van der Waals surface area contributed by atoms with Gasteiger partial charge in [0, 0.05) is 20.1 Å². The number of alkyl halides is 5. The minimum absolute atomic E-state index is 0.0394. The highest BCUT2D eigenvalue weighted by molar-refractivity contribution is 6.02. The Balaban J connectivity index is 1.78. The third-order valence-corrected chi connectivity index (χ3v) is 5.23. The summed E-state index contributed by atoms with van der Waals surface area (Å²) in [5.74, 6) is 0.168. The van der Waals surface area contributed by atoms with Crippen LogP contribution in [0.3, 0.4) is 0 Å². The van der Waals surface area contributed by atoms with Crippen LogP contribution in [0, 0.1) is 0 Å². The quantitative estimate of drug-likeness (QED) is 0.244. The molecule has 7 nitrogen and oxygen atoms in total. The number of aliphatic imine (C=N–C) groups is 1. The minimum atomic E-state index is -4.62. The third kappa shape index (κ3) is 5.85. The van der Waals surface area contributed by atoms with E-state index in [1.807, 2.05) is 11.8 Å². The number of ether oxygens (including phenoxy) is 1. The van der Waals surface area contributed by atoms with Crippen molar-refractivity contribution in [3.05, 3.63) is 35.4 Å². The molecule has 1 aliphatic heterocycles. The number of fused-ring (bicyclic) bond motifs is 1. The minimum Gasteiger partial charge on any atom is -0.487 e. The maximum absolute atomic E-state index is 13.3. The molecule has 2 aromatic rings. The molecule has 1 aliphatic rings. The molecule has 0 amide bonds. The van der Waals surface area contributed by atoms with Crippen LogP contribution in [0.15, 0.2) is 40.4 Å². The second-order valence-electron chi connectivity index (χ2n) is 7.55. The first-order chi connectivity index (χ1) is 15.6. The van der Waals surface area contributed by atoms with E-state index in [1.165, 1.54) is 18.5 Å². The van der Waals surface area contributed by atoms with Crippen LogP contribution in [0.5, 0.6) is 0 Å². The summed E-state index contributed by atoms with van der Waals surface area (Å²) < 4.78 is 72.2. The lowest BCUT2D eigenvalue weighted by atomic mass is 10.0. The SMILES string of the molecule is CC/C=C(/OCC1=C(C)CCN(c2cnc3cnn(CC(F)F)c3n2)C1)C(=NC)C(F)(F)F. The number of halogens is 5. The Morgan fingerprint density at radius 1 is 1.30 bits per heavy atom. The van der Waals surface area contributed by atoms with Gasteiger partial charge in [-0.05, 0) is 31.4 Å². The van der Waals surface area contributed by atoms with Crippen molar-refractivity contribution in [1.82, 2.24) is 19.7 Å². The summed E-state index contributed by atoms with van der Waals surface area (Å²) in [5, 5.41) is 3.91. The summed E-state index contributed by atoms with van der Waals surface area (Å²) in [6.07, 6.45) is -1.93. The van der Waals surface area contributed by atoms with Crippen molar-refractivity contribution in [2.45, 2.75) is 45.8 Å². The standard InChI is InChI=1S/C21H25F5N6O/c1-4-5-16(19(27-3)21(24,25)26)33-12-14-10-31(7-6-13(14)2)18-9-28-15-8-29-32(11-17(22)23)20(15)30-18/h5,8-9,17H,4,6-7,10-12H2,1-3H3/b16-5+,27-19?. The fourth-order valence-corrected chi connectivity index (χ4v) is 3.50. The normalized spacial score (nSPS) is 16.3. The molecule has 3 heterocycles. The summed E-state index contributed by atoms with van der Waals surface area (Å²) in [5.41, 5.74) is 1.42. The highest BCUT2D eigenvalue weighted by Crippen LogP contribution is 2.27. The summed E-state index contributed by atoms with van der Waals surface area (Å²) in [4.78, 5) is 14.0.